The van der Waals surface area contributed by atoms with Crippen LogP contribution in [0.1, 0.15) is 13.8 Å². The Morgan fingerprint density at radius 2 is 2.32 bits per heavy atom. The number of imidazole rings is 1. The molecular weight excluding hydrogens is 242 g/mol. The monoisotopic (exact) mass is 263 g/mol. The number of hydrogen-bond acceptors (Lipinski definition) is 5. The van der Waals surface area contributed by atoms with Gasteiger partial charge in [0, 0.05) is 33.1 Å². The predicted molar refractivity (Wildman–Crippen MR) is 76.9 cm³/mol. The van der Waals surface area contributed by atoms with E-state index in [2.05, 4.69) is 34.0 Å². The minimum Gasteiger partial charge on any atom is -0.383 e. The van der Waals surface area contributed by atoms with Gasteiger partial charge in [-0.25, -0.2) is 9.97 Å². The number of aromatic nitrogens is 3. The number of ether oxygens (including phenoxy) is 1. The molecule has 6 nitrogen and oxygen atoms in total. The van der Waals surface area contributed by atoms with Crippen LogP contribution in [0.15, 0.2) is 18.6 Å². The largest absolute Gasteiger partial charge is 0.383 e. The highest BCUT2D eigenvalue weighted by Gasteiger charge is 2.18. The van der Waals surface area contributed by atoms with Crippen LogP contribution in [0.2, 0.25) is 0 Å². The minimum absolute atomic E-state index is 0.245. The molecule has 0 aliphatic rings. The summed E-state index contributed by atoms with van der Waals surface area (Å²) < 4.78 is 7.23. The number of nitrogens with zero attached hydrogens (tertiary/aromatic N) is 4. The third-order valence-corrected chi connectivity index (χ3v) is 3.17. The molecule has 0 amide bonds. The Hall–Kier alpha value is -1.82. The molecule has 0 saturated carbocycles. The van der Waals surface area contributed by atoms with Gasteiger partial charge in [0.2, 0.25) is 0 Å². The van der Waals surface area contributed by atoms with Gasteiger partial charge in [-0.3, -0.25) is 0 Å². The predicted octanol–water partition coefficient (Wildman–Crippen LogP) is 1.63. The summed E-state index contributed by atoms with van der Waals surface area (Å²) in [5.41, 5.74) is 0.865. The molecule has 2 aromatic heterocycles. The maximum Gasteiger partial charge on any atom is 0.180 e. The van der Waals surface area contributed by atoms with Gasteiger partial charge in [-0.2, -0.15) is 0 Å². The van der Waals surface area contributed by atoms with Crippen LogP contribution in [-0.2, 0) is 4.74 Å². The van der Waals surface area contributed by atoms with E-state index in [1.54, 1.807) is 13.3 Å². The molecule has 0 aliphatic heterocycles. The van der Waals surface area contributed by atoms with Crippen molar-refractivity contribution in [3.05, 3.63) is 18.6 Å². The van der Waals surface area contributed by atoms with E-state index in [0.717, 1.165) is 23.8 Å². The first-order valence-electron chi connectivity index (χ1n) is 6.48. The summed E-state index contributed by atoms with van der Waals surface area (Å²) in [6.07, 6.45) is 5.64. The Bertz CT molecular complexity index is 539. The van der Waals surface area contributed by atoms with Crippen LogP contribution in [0.3, 0.4) is 0 Å². The Morgan fingerprint density at radius 1 is 1.53 bits per heavy atom. The van der Waals surface area contributed by atoms with Crippen LogP contribution in [-0.4, -0.2) is 47.7 Å². The van der Waals surface area contributed by atoms with Crippen LogP contribution >= 0.6 is 0 Å². The topological polar surface area (TPSA) is 54.7 Å². The molecule has 1 atom stereocenters. The fraction of sp³-hybridized carbons (Fsp3) is 0.538. The van der Waals surface area contributed by atoms with Gasteiger partial charge in [-0.1, -0.05) is 0 Å². The second kappa shape index (κ2) is 5.88. The van der Waals surface area contributed by atoms with Gasteiger partial charge in [0.25, 0.3) is 0 Å². The van der Waals surface area contributed by atoms with E-state index in [4.69, 9.17) is 4.74 Å². The molecule has 19 heavy (non-hydrogen) atoms. The SMILES string of the molecule is CCN(c1nc(NC)cn2ccnc12)C(C)COC. The zero-order valence-corrected chi connectivity index (χ0v) is 11.9. The molecule has 2 heterocycles. The number of methoxy groups -OCH3 is 1. The van der Waals surface area contributed by atoms with Crippen molar-refractivity contribution in [1.82, 2.24) is 14.4 Å². The van der Waals surface area contributed by atoms with Crippen molar-refractivity contribution in [2.24, 2.45) is 0 Å². The van der Waals surface area contributed by atoms with Crippen LogP contribution in [0, 0.1) is 0 Å². The number of anilines is 2. The summed E-state index contributed by atoms with van der Waals surface area (Å²) >= 11 is 0. The summed E-state index contributed by atoms with van der Waals surface area (Å²) in [7, 11) is 3.58. The third kappa shape index (κ3) is 2.63. The first-order chi connectivity index (χ1) is 9.21. The van der Waals surface area contributed by atoms with E-state index in [9.17, 15) is 0 Å². The lowest BCUT2D eigenvalue weighted by Crippen LogP contribution is -2.37. The van der Waals surface area contributed by atoms with Crippen LogP contribution in [0.4, 0.5) is 11.6 Å². The molecule has 0 spiro atoms. The Balaban J connectivity index is 2.48. The number of nitrogens with one attached hydrogen (secondary N) is 1. The number of fused-ring (bicyclic) bond motifs is 1. The fourth-order valence-corrected chi connectivity index (χ4v) is 2.23. The molecular formula is C13H21N5O. The average Bonchev–Trinajstić information content (AvgIpc) is 2.87. The van der Waals surface area contributed by atoms with E-state index in [-0.39, 0.29) is 6.04 Å². The summed E-state index contributed by atoms with van der Waals surface area (Å²) in [5, 5.41) is 3.08. The third-order valence-electron chi connectivity index (χ3n) is 3.17. The van der Waals surface area contributed by atoms with Gasteiger partial charge in [0.05, 0.1) is 18.8 Å². The van der Waals surface area contributed by atoms with Crippen molar-refractivity contribution in [3.8, 4) is 0 Å². The molecule has 1 unspecified atom stereocenters. The zero-order chi connectivity index (χ0) is 13.8. The van der Waals surface area contributed by atoms with Gasteiger partial charge < -0.3 is 19.4 Å². The highest BCUT2D eigenvalue weighted by atomic mass is 16.5. The normalized spacial score (nSPS) is 12.6. The lowest BCUT2D eigenvalue weighted by atomic mass is 10.3. The Labute approximate surface area is 113 Å². The highest BCUT2D eigenvalue weighted by molar-refractivity contribution is 5.67. The number of rotatable bonds is 6. The summed E-state index contributed by atoms with van der Waals surface area (Å²) in [6, 6.07) is 0.245. The molecule has 0 aliphatic carbocycles. The van der Waals surface area contributed by atoms with Gasteiger partial charge in [-0.05, 0) is 13.8 Å². The van der Waals surface area contributed by atoms with Crippen molar-refractivity contribution in [2.45, 2.75) is 19.9 Å². The standard InChI is InChI=1S/C13H21N5O/c1-5-18(10(2)9-19-4)13-12-15-6-7-17(12)8-11(14-3)16-13/h6-8,10,14H,5,9H2,1-4H3. The van der Waals surface area contributed by atoms with E-state index in [1.165, 1.54) is 0 Å². The molecule has 0 radical (unpaired) electrons. The molecule has 1 N–H and O–H groups in total. The molecule has 104 valence electrons. The smallest absolute Gasteiger partial charge is 0.180 e. The maximum atomic E-state index is 5.25. The van der Waals surface area contributed by atoms with Gasteiger partial charge in [-0.15, -0.1) is 0 Å². The highest BCUT2D eigenvalue weighted by Crippen LogP contribution is 2.22. The molecule has 0 saturated heterocycles. The van der Waals surface area contributed by atoms with E-state index in [0.29, 0.717) is 6.61 Å². The van der Waals surface area contributed by atoms with Crippen LogP contribution in [0.25, 0.3) is 5.65 Å². The molecule has 2 aromatic rings. The fourth-order valence-electron chi connectivity index (χ4n) is 2.23. The number of hydrogen-bond donors (Lipinski definition) is 1. The lowest BCUT2D eigenvalue weighted by Gasteiger charge is -2.29. The first-order valence-corrected chi connectivity index (χ1v) is 6.48. The number of likely N-dealkylation sites (N-methyl/N-ethyl adjacent to an activating group) is 1. The molecule has 0 fully saturated rings. The van der Waals surface area contributed by atoms with Crippen molar-refractivity contribution in [1.29, 1.82) is 0 Å². The van der Waals surface area contributed by atoms with Crippen molar-refractivity contribution in [3.63, 3.8) is 0 Å². The van der Waals surface area contributed by atoms with Crippen LogP contribution < -0.4 is 10.2 Å². The average molecular weight is 263 g/mol. The van der Waals surface area contributed by atoms with Gasteiger partial charge in [0.15, 0.2) is 11.5 Å². The quantitative estimate of drug-likeness (QED) is 0.858. The Kier molecular flexibility index (Phi) is 4.21. The maximum absolute atomic E-state index is 5.25. The van der Waals surface area contributed by atoms with Gasteiger partial charge >= 0.3 is 0 Å². The molecule has 0 bridgehead atoms. The van der Waals surface area contributed by atoms with Crippen molar-refractivity contribution < 1.29 is 4.74 Å². The van der Waals surface area contributed by atoms with E-state index < -0.39 is 0 Å². The van der Waals surface area contributed by atoms with Crippen molar-refractivity contribution >= 4 is 17.3 Å². The van der Waals surface area contributed by atoms with Crippen molar-refractivity contribution in [2.75, 3.05) is 37.5 Å². The second-order valence-corrected chi connectivity index (χ2v) is 4.45. The Morgan fingerprint density at radius 3 is 2.95 bits per heavy atom. The molecule has 2 rings (SSSR count). The van der Waals surface area contributed by atoms with Gasteiger partial charge in [0.1, 0.15) is 5.82 Å². The second-order valence-electron chi connectivity index (χ2n) is 4.45. The first kappa shape index (κ1) is 13.6. The lowest BCUT2D eigenvalue weighted by molar-refractivity contribution is 0.182. The van der Waals surface area contributed by atoms with E-state index in [1.807, 2.05) is 23.8 Å². The van der Waals surface area contributed by atoms with E-state index >= 15 is 0 Å². The van der Waals surface area contributed by atoms with Crippen LogP contribution in [0.5, 0.6) is 0 Å². The summed E-state index contributed by atoms with van der Waals surface area (Å²) in [4.78, 5) is 11.2. The molecule has 6 heteroatoms. The molecule has 0 aromatic carbocycles. The zero-order valence-electron chi connectivity index (χ0n) is 11.9. The summed E-state index contributed by atoms with van der Waals surface area (Å²) in [5.74, 6) is 1.70. The summed E-state index contributed by atoms with van der Waals surface area (Å²) in [6.45, 7) is 5.75. The minimum atomic E-state index is 0.245.